The zero-order valence-corrected chi connectivity index (χ0v) is 10.9. The molecule has 1 heterocycles. The predicted octanol–water partition coefficient (Wildman–Crippen LogP) is 1.18. The second kappa shape index (κ2) is 8.08. The molecule has 0 aliphatic heterocycles. The number of aromatic nitrogens is 3. The van der Waals surface area contributed by atoms with Gasteiger partial charge in [-0.05, 0) is 13.3 Å². The molecule has 17 heavy (non-hydrogen) atoms. The van der Waals surface area contributed by atoms with Gasteiger partial charge in [0.05, 0.1) is 12.4 Å². The molecule has 0 aliphatic rings. The van der Waals surface area contributed by atoms with Gasteiger partial charge in [0.25, 0.3) is 0 Å². The fraction of sp³-hybridized carbons (Fsp3) is 0.700. The lowest BCUT2D eigenvalue weighted by atomic mass is 10.5. The number of nitrogens with one attached hydrogen (secondary N) is 1. The number of ether oxygens (including phenoxy) is 2. The highest BCUT2D eigenvalue weighted by molar-refractivity contribution is 7.99. The number of H-pyrrole nitrogens is 1. The molecule has 7 heteroatoms. The number of nitrogens with zero attached hydrogens (tertiary/aromatic N) is 2. The standard InChI is InChI=1S/C10H17N3O3S/c1-3-4-15-5-6-16-9(14)7-17-10-11-8(2)12-13-10/h3-7H2,1-2H3,(H,11,12,13). The Labute approximate surface area is 104 Å². The van der Waals surface area contributed by atoms with Gasteiger partial charge in [0.2, 0.25) is 5.16 Å². The highest BCUT2D eigenvalue weighted by Gasteiger charge is 2.07. The first-order chi connectivity index (χ1) is 8.22. The Morgan fingerprint density at radius 3 is 2.88 bits per heavy atom. The van der Waals surface area contributed by atoms with Gasteiger partial charge in [-0.2, -0.15) is 0 Å². The van der Waals surface area contributed by atoms with Crippen molar-refractivity contribution in [3.05, 3.63) is 5.82 Å². The zero-order chi connectivity index (χ0) is 12.5. The third kappa shape index (κ3) is 6.28. The Hall–Kier alpha value is -1.08. The molecule has 6 nitrogen and oxygen atoms in total. The average molecular weight is 259 g/mol. The van der Waals surface area contributed by atoms with Gasteiger partial charge >= 0.3 is 5.97 Å². The molecular formula is C10H17N3O3S. The van der Waals surface area contributed by atoms with Crippen LogP contribution in [0.15, 0.2) is 5.16 Å². The van der Waals surface area contributed by atoms with E-state index in [-0.39, 0.29) is 11.7 Å². The number of carbonyl (C=O) groups excluding carboxylic acids is 1. The molecule has 0 unspecified atom stereocenters. The highest BCUT2D eigenvalue weighted by Crippen LogP contribution is 2.11. The molecule has 1 N–H and O–H groups in total. The predicted molar refractivity (Wildman–Crippen MR) is 63.9 cm³/mol. The minimum Gasteiger partial charge on any atom is -0.463 e. The fourth-order valence-corrected chi connectivity index (χ4v) is 1.65. The maximum Gasteiger partial charge on any atom is 0.316 e. The van der Waals surface area contributed by atoms with Crippen LogP contribution in [-0.2, 0) is 14.3 Å². The number of hydrogen-bond acceptors (Lipinski definition) is 6. The molecule has 0 aliphatic carbocycles. The summed E-state index contributed by atoms with van der Waals surface area (Å²) in [5.41, 5.74) is 0. The molecule has 0 fully saturated rings. The molecule has 0 aromatic carbocycles. The maximum atomic E-state index is 11.3. The molecule has 0 amide bonds. The quantitative estimate of drug-likeness (QED) is 0.429. The molecule has 1 aromatic heterocycles. The summed E-state index contributed by atoms with van der Waals surface area (Å²) in [6, 6.07) is 0. The maximum absolute atomic E-state index is 11.3. The van der Waals surface area contributed by atoms with Gasteiger partial charge in [0.1, 0.15) is 12.4 Å². The summed E-state index contributed by atoms with van der Waals surface area (Å²) in [5.74, 6) is 0.664. The number of esters is 1. The first-order valence-electron chi connectivity index (χ1n) is 5.47. The van der Waals surface area contributed by atoms with Gasteiger partial charge in [-0.1, -0.05) is 18.7 Å². The molecule has 1 rings (SSSR count). The molecule has 0 saturated carbocycles. The van der Waals surface area contributed by atoms with Crippen molar-refractivity contribution < 1.29 is 14.3 Å². The van der Waals surface area contributed by atoms with Crippen molar-refractivity contribution in [2.75, 3.05) is 25.6 Å². The van der Waals surface area contributed by atoms with Crippen molar-refractivity contribution >= 4 is 17.7 Å². The first kappa shape index (κ1) is 14.0. The normalized spacial score (nSPS) is 10.5. The van der Waals surface area contributed by atoms with Crippen molar-refractivity contribution in [2.45, 2.75) is 25.4 Å². The first-order valence-corrected chi connectivity index (χ1v) is 6.46. The van der Waals surface area contributed by atoms with Crippen LogP contribution in [0, 0.1) is 6.92 Å². The summed E-state index contributed by atoms with van der Waals surface area (Å²) in [7, 11) is 0. The molecule has 96 valence electrons. The van der Waals surface area contributed by atoms with E-state index in [4.69, 9.17) is 9.47 Å². The number of aryl methyl sites for hydroxylation is 1. The summed E-state index contributed by atoms with van der Waals surface area (Å²) < 4.78 is 10.2. The molecule has 0 bridgehead atoms. The average Bonchev–Trinajstić information content (AvgIpc) is 2.72. The van der Waals surface area contributed by atoms with Crippen LogP contribution in [0.3, 0.4) is 0 Å². The summed E-state index contributed by atoms with van der Waals surface area (Å²) in [6.07, 6.45) is 0.966. The second-order valence-corrected chi connectivity index (χ2v) is 4.27. The van der Waals surface area contributed by atoms with Gasteiger partial charge in [-0.15, -0.1) is 5.10 Å². The van der Waals surface area contributed by atoms with Crippen molar-refractivity contribution in [3.63, 3.8) is 0 Å². The van der Waals surface area contributed by atoms with E-state index in [2.05, 4.69) is 15.2 Å². The van der Waals surface area contributed by atoms with Crippen LogP contribution >= 0.6 is 11.8 Å². The van der Waals surface area contributed by atoms with Crippen molar-refractivity contribution in [1.29, 1.82) is 0 Å². The van der Waals surface area contributed by atoms with Crippen LogP contribution < -0.4 is 0 Å². The Bertz CT molecular complexity index is 343. The fourth-order valence-electron chi connectivity index (χ4n) is 1.01. The highest BCUT2D eigenvalue weighted by atomic mass is 32.2. The van der Waals surface area contributed by atoms with Crippen LogP contribution in [0.4, 0.5) is 0 Å². The summed E-state index contributed by atoms with van der Waals surface area (Å²) in [4.78, 5) is 15.4. The lowest BCUT2D eigenvalue weighted by molar-refractivity contribution is -0.141. The van der Waals surface area contributed by atoms with E-state index in [9.17, 15) is 4.79 Å². The van der Waals surface area contributed by atoms with E-state index < -0.39 is 0 Å². The Kier molecular flexibility index (Phi) is 6.64. The molecule has 0 radical (unpaired) electrons. The SMILES string of the molecule is CCCOCCOC(=O)CSc1n[nH]c(C)n1. The zero-order valence-electron chi connectivity index (χ0n) is 10.1. The van der Waals surface area contributed by atoms with E-state index in [1.165, 1.54) is 11.8 Å². The van der Waals surface area contributed by atoms with Crippen molar-refractivity contribution in [2.24, 2.45) is 0 Å². The Balaban J connectivity index is 2.05. The third-order valence-corrected chi connectivity index (χ3v) is 2.56. The van der Waals surface area contributed by atoms with Crippen LogP contribution in [-0.4, -0.2) is 46.7 Å². The molecule has 0 atom stereocenters. The van der Waals surface area contributed by atoms with Crippen LogP contribution in [0.25, 0.3) is 0 Å². The number of rotatable bonds is 8. The Morgan fingerprint density at radius 1 is 1.41 bits per heavy atom. The molecule has 1 aromatic rings. The van der Waals surface area contributed by atoms with Gasteiger partial charge < -0.3 is 9.47 Å². The summed E-state index contributed by atoms with van der Waals surface area (Å²) in [6.45, 7) is 5.28. The van der Waals surface area contributed by atoms with Gasteiger partial charge in [-0.25, -0.2) is 4.98 Å². The topological polar surface area (TPSA) is 77.1 Å². The number of hydrogen-bond donors (Lipinski definition) is 1. The van der Waals surface area contributed by atoms with Crippen LogP contribution in [0.2, 0.25) is 0 Å². The van der Waals surface area contributed by atoms with E-state index in [1.807, 2.05) is 6.92 Å². The molecular weight excluding hydrogens is 242 g/mol. The van der Waals surface area contributed by atoms with Gasteiger partial charge in [0.15, 0.2) is 0 Å². The minimum atomic E-state index is -0.280. The monoisotopic (exact) mass is 259 g/mol. The lowest BCUT2D eigenvalue weighted by Crippen LogP contribution is -2.12. The van der Waals surface area contributed by atoms with Gasteiger partial charge in [-0.3, -0.25) is 9.89 Å². The number of carbonyl (C=O) groups is 1. The van der Waals surface area contributed by atoms with E-state index in [0.717, 1.165) is 12.2 Å². The smallest absolute Gasteiger partial charge is 0.316 e. The minimum absolute atomic E-state index is 0.213. The largest absolute Gasteiger partial charge is 0.463 e. The molecule has 0 saturated heterocycles. The Morgan fingerprint density at radius 2 is 2.24 bits per heavy atom. The number of thioether (sulfide) groups is 1. The van der Waals surface area contributed by atoms with E-state index in [0.29, 0.717) is 25.0 Å². The second-order valence-electron chi connectivity index (χ2n) is 3.32. The van der Waals surface area contributed by atoms with E-state index >= 15 is 0 Å². The van der Waals surface area contributed by atoms with Crippen LogP contribution in [0.1, 0.15) is 19.2 Å². The lowest BCUT2D eigenvalue weighted by Gasteiger charge is -2.04. The van der Waals surface area contributed by atoms with Crippen LogP contribution in [0.5, 0.6) is 0 Å². The van der Waals surface area contributed by atoms with Crippen molar-refractivity contribution in [1.82, 2.24) is 15.2 Å². The van der Waals surface area contributed by atoms with Gasteiger partial charge in [0, 0.05) is 6.61 Å². The molecule has 0 spiro atoms. The number of aromatic amines is 1. The third-order valence-electron chi connectivity index (χ3n) is 1.73. The summed E-state index contributed by atoms with van der Waals surface area (Å²) >= 11 is 1.25. The van der Waals surface area contributed by atoms with E-state index in [1.54, 1.807) is 6.92 Å². The summed E-state index contributed by atoms with van der Waals surface area (Å²) in [5, 5.41) is 7.16. The van der Waals surface area contributed by atoms with Crippen molar-refractivity contribution in [3.8, 4) is 0 Å².